The second kappa shape index (κ2) is 7.88. The number of aldehydes is 1. The van der Waals surface area contributed by atoms with E-state index in [4.69, 9.17) is 5.73 Å². The third-order valence-electron chi connectivity index (χ3n) is 2.24. The lowest BCUT2D eigenvalue weighted by atomic mass is 10.3. The lowest BCUT2D eigenvalue weighted by Gasteiger charge is -2.05. The molecule has 0 aliphatic heterocycles. The summed E-state index contributed by atoms with van der Waals surface area (Å²) in [4.78, 5) is 23.0. The van der Waals surface area contributed by atoms with Crippen molar-refractivity contribution in [2.45, 2.75) is 0 Å². The highest BCUT2D eigenvalue weighted by molar-refractivity contribution is 6.36. The highest BCUT2D eigenvalue weighted by Crippen LogP contribution is 2.07. The summed E-state index contributed by atoms with van der Waals surface area (Å²) in [6, 6.07) is 3.63. The number of allylic oxidation sites excluding steroid dienone is 1. The molecule has 0 spiro atoms. The van der Waals surface area contributed by atoms with Crippen LogP contribution in [0.1, 0.15) is 5.69 Å². The minimum Gasteiger partial charge on any atom is -0.383 e. The van der Waals surface area contributed by atoms with Gasteiger partial charge in [0, 0.05) is 20.1 Å². The van der Waals surface area contributed by atoms with E-state index in [0.717, 1.165) is 5.69 Å². The van der Waals surface area contributed by atoms with Gasteiger partial charge in [-0.3, -0.25) is 14.8 Å². The molecule has 1 aromatic rings. The minimum atomic E-state index is 0.215. The summed E-state index contributed by atoms with van der Waals surface area (Å²) in [5, 5.41) is 3.11. The van der Waals surface area contributed by atoms with E-state index >= 15 is 0 Å². The van der Waals surface area contributed by atoms with Crippen molar-refractivity contribution in [2.24, 2.45) is 15.7 Å². The standard InChI is InChI=1S/C13H17N5O/c1-3-10(9-19)18-13(15-2)12-5-4-11(8-17-12)16-7-6-14/h3-5,8-9,16H,1,6-7,14H2,2H3. The van der Waals surface area contributed by atoms with Crippen molar-refractivity contribution in [3.63, 3.8) is 0 Å². The SMILES string of the molecule is C=CC(C=O)=NC(=NC)c1ccc(NCCN)cn1. The van der Waals surface area contributed by atoms with Gasteiger partial charge >= 0.3 is 0 Å². The first kappa shape index (κ1) is 14.7. The molecular weight excluding hydrogens is 242 g/mol. The highest BCUT2D eigenvalue weighted by Gasteiger charge is 2.04. The van der Waals surface area contributed by atoms with Crippen LogP contribution in [0.2, 0.25) is 0 Å². The van der Waals surface area contributed by atoms with E-state index in [-0.39, 0.29) is 5.71 Å². The van der Waals surface area contributed by atoms with E-state index in [1.54, 1.807) is 19.3 Å². The van der Waals surface area contributed by atoms with Crippen molar-refractivity contribution in [1.29, 1.82) is 0 Å². The van der Waals surface area contributed by atoms with Gasteiger partial charge < -0.3 is 11.1 Å². The zero-order valence-electron chi connectivity index (χ0n) is 10.8. The number of aromatic nitrogens is 1. The van der Waals surface area contributed by atoms with Gasteiger partial charge in [0.15, 0.2) is 12.1 Å². The van der Waals surface area contributed by atoms with E-state index < -0.39 is 0 Å². The van der Waals surface area contributed by atoms with Gasteiger partial charge in [0.05, 0.1) is 11.9 Å². The van der Waals surface area contributed by atoms with E-state index in [9.17, 15) is 4.79 Å². The fourth-order valence-electron chi connectivity index (χ4n) is 1.31. The number of nitrogens with zero attached hydrogens (tertiary/aromatic N) is 3. The van der Waals surface area contributed by atoms with E-state index in [2.05, 4.69) is 26.9 Å². The van der Waals surface area contributed by atoms with E-state index in [1.807, 2.05) is 6.07 Å². The van der Waals surface area contributed by atoms with Crippen LogP contribution in [0, 0.1) is 0 Å². The molecule has 6 heteroatoms. The molecule has 0 saturated heterocycles. The molecule has 0 radical (unpaired) electrons. The number of carbonyl (C=O) groups is 1. The van der Waals surface area contributed by atoms with Crippen molar-refractivity contribution in [2.75, 3.05) is 25.5 Å². The molecule has 3 N–H and O–H groups in total. The zero-order chi connectivity index (χ0) is 14.1. The second-order valence-electron chi connectivity index (χ2n) is 3.55. The van der Waals surface area contributed by atoms with Gasteiger partial charge in [-0.05, 0) is 18.2 Å². The molecule has 1 rings (SSSR count). The van der Waals surface area contributed by atoms with Gasteiger partial charge in [-0.25, -0.2) is 4.99 Å². The Bertz CT molecular complexity index is 480. The number of hydrogen-bond donors (Lipinski definition) is 2. The Morgan fingerprint density at radius 2 is 2.37 bits per heavy atom. The summed E-state index contributed by atoms with van der Waals surface area (Å²) in [7, 11) is 1.59. The molecule has 0 aromatic carbocycles. The Balaban J connectivity index is 2.92. The van der Waals surface area contributed by atoms with E-state index in [1.165, 1.54) is 6.08 Å². The third kappa shape index (κ3) is 4.44. The molecule has 0 saturated carbocycles. The Morgan fingerprint density at radius 3 is 2.84 bits per heavy atom. The summed E-state index contributed by atoms with van der Waals surface area (Å²) in [5.74, 6) is 0.382. The fraction of sp³-hybridized carbons (Fsp3) is 0.231. The monoisotopic (exact) mass is 259 g/mol. The number of pyridine rings is 1. The maximum atomic E-state index is 10.7. The smallest absolute Gasteiger partial charge is 0.173 e. The van der Waals surface area contributed by atoms with Crippen molar-refractivity contribution < 1.29 is 4.79 Å². The fourth-order valence-corrected chi connectivity index (χ4v) is 1.31. The molecule has 0 fully saturated rings. The quantitative estimate of drug-likeness (QED) is 0.446. The van der Waals surface area contributed by atoms with Crippen LogP contribution in [0.5, 0.6) is 0 Å². The largest absolute Gasteiger partial charge is 0.383 e. The van der Waals surface area contributed by atoms with Crippen LogP contribution in [0.3, 0.4) is 0 Å². The molecular formula is C13H17N5O. The number of aliphatic imine (C=N–C) groups is 2. The van der Waals surface area contributed by atoms with Gasteiger partial charge in [-0.1, -0.05) is 6.58 Å². The average Bonchev–Trinajstić information content (AvgIpc) is 2.47. The van der Waals surface area contributed by atoms with Crippen LogP contribution in [0.25, 0.3) is 0 Å². The first-order valence-corrected chi connectivity index (χ1v) is 5.78. The zero-order valence-corrected chi connectivity index (χ0v) is 10.8. The average molecular weight is 259 g/mol. The highest BCUT2D eigenvalue weighted by atomic mass is 16.1. The summed E-state index contributed by atoms with van der Waals surface area (Å²) in [5.41, 5.74) is 7.07. The van der Waals surface area contributed by atoms with Crippen LogP contribution in [0.15, 0.2) is 41.0 Å². The Labute approximate surface area is 112 Å². The Kier molecular flexibility index (Phi) is 6.11. The number of hydrogen-bond acceptors (Lipinski definition) is 5. The van der Waals surface area contributed by atoms with Gasteiger partial charge in [0.2, 0.25) is 0 Å². The first-order chi connectivity index (χ1) is 9.24. The van der Waals surface area contributed by atoms with Gasteiger partial charge in [-0.2, -0.15) is 0 Å². The predicted octanol–water partition coefficient (Wildman–Crippen LogP) is 0.654. The number of nitrogens with two attached hydrogens (primary N) is 1. The van der Waals surface area contributed by atoms with Crippen molar-refractivity contribution in [3.8, 4) is 0 Å². The topological polar surface area (TPSA) is 92.7 Å². The summed E-state index contributed by atoms with van der Waals surface area (Å²) >= 11 is 0. The lowest BCUT2D eigenvalue weighted by molar-refractivity contribution is -0.102. The lowest BCUT2D eigenvalue weighted by Crippen LogP contribution is -2.13. The number of rotatable bonds is 6. The number of anilines is 1. The number of nitrogens with one attached hydrogen (secondary N) is 1. The number of carbonyl (C=O) groups excluding carboxylic acids is 1. The molecule has 0 unspecified atom stereocenters. The normalized spacial score (nSPS) is 12.1. The summed E-state index contributed by atoms with van der Waals surface area (Å²) in [6.07, 6.45) is 3.66. The van der Waals surface area contributed by atoms with Crippen LogP contribution < -0.4 is 11.1 Å². The van der Waals surface area contributed by atoms with Crippen molar-refractivity contribution in [1.82, 2.24) is 4.98 Å². The van der Waals surface area contributed by atoms with Gasteiger partial charge in [0.25, 0.3) is 0 Å². The maximum absolute atomic E-state index is 10.7. The minimum absolute atomic E-state index is 0.215. The molecule has 19 heavy (non-hydrogen) atoms. The molecule has 1 aromatic heterocycles. The third-order valence-corrected chi connectivity index (χ3v) is 2.24. The van der Waals surface area contributed by atoms with Gasteiger partial charge in [-0.15, -0.1) is 0 Å². The van der Waals surface area contributed by atoms with Crippen molar-refractivity contribution in [3.05, 3.63) is 36.7 Å². The Morgan fingerprint density at radius 1 is 1.58 bits per heavy atom. The van der Waals surface area contributed by atoms with Crippen LogP contribution in [0.4, 0.5) is 5.69 Å². The van der Waals surface area contributed by atoms with Crippen molar-refractivity contribution >= 4 is 23.5 Å². The van der Waals surface area contributed by atoms with Crippen LogP contribution in [-0.4, -0.2) is 43.0 Å². The second-order valence-corrected chi connectivity index (χ2v) is 3.55. The molecule has 6 nitrogen and oxygen atoms in total. The van der Waals surface area contributed by atoms with Crippen LogP contribution >= 0.6 is 0 Å². The molecule has 0 aliphatic rings. The van der Waals surface area contributed by atoms with E-state index in [0.29, 0.717) is 30.9 Å². The van der Waals surface area contributed by atoms with Gasteiger partial charge in [0.1, 0.15) is 11.4 Å². The predicted molar refractivity (Wildman–Crippen MR) is 77.9 cm³/mol. The molecule has 0 bridgehead atoms. The molecule has 0 amide bonds. The first-order valence-electron chi connectivity index (χ1n) is 5.78. The maximum Gasteiger partial charge on any atom is 0.173 e. The summed E-state index contributed by atoms with van der Waals surface area (Å²) < 4.78 is 0. The number of amidine groups is 1. The van der Waals surface area contributed by atoms with Crippen LogP contribution in [-0.2, 0) is 4.79 Å². The summed E-state index contributed by atoms with van der Waals surface area (Å²) in [6.45, 7) is 4.73. The molecule has 0 atom stereocenters. The molecule has 100 valence electrons. The molecule has 0 aliphatic carbocycles. The molecule has 1 heterocycles. The Hall–Kier alpha value is -2.34.